The van der Waals surface area contributed by atoms with Crippen LogP contribution < -0.4 is 5.14 Å². The molecule has 1 heterocycles. The van der Waals surface area contributed by atoms with Crippen LogP contribution in [0.2, 0.25) is 0 Å². The van der Waals surface area contributed by atoms with Gasteiger partial charge in [0, 0.05) is 4.88 Å². The minimum Gasteiger partial charge on any atom is -0.224 e. The van der Waals surface area contributed by atoms with Gasteiger partial charge in [-0.2, -0.15) is 5.26 Å². The fourth-order valence-electron chi connectivity index (χ4n) is 0.805. The van der Waals surface area contributed by atoms with E-state index in [1.54, 1.807) is 18.2 Å². The zero-order valence-electron chi connectivity index (χ0n) is 7.17. The number of thiophene rings is 1. The van der Waals surface area contributed by atoms with Gasteiger partial charge in [0.25, 0.3) is 0 Å². The van der Waals surface area contributed by atoms with Crippen molar-refractivity contribution in [3.8, 4) is 6.07 Å². The third kappa shape index (κ3) is 2.96. The second-order valence-electron chi connectivity index (χ2n) is 2.47. The standard InChI is InChI=1S/C8H8N2O2S2/c9-6-2-1-3-7-4-5-8(13-7)14(10,11)12/h1,3-5H,2H2,(H2,10,11,12). The fourth-order valence-corrected chi connectivity index (χ4v) is 2.48. The molecule has 2 N–H and O–H groups in total. The molecule has 6 heteroatoms. The summed E-state index contributed by atoms with van der Waals surface area (Å²) in [5.41, 5.74) is 0. The molecule has 0 bridgehead atoms. The van der Waals surface area contributed by atoms with Gasteiger partial charge in [-0.3, -0.25) is 0 Å². The van der Waals surface area contributed by atoms with Crippen molar-refractivity contribution in [2.24, 2.45) is 5.14 Å². The van der Waals surface area contributed by atoms with Crippen molar-refractivity contribution in [2.75, 3.05) is 0 Å². The van der Waals surface area contributed by atoms with Crippen LogP contribution >= 0.6 is 11.3 Å². The van der Waals surface area contributed by atoms with Gasteiger partial charge in [-0.1, -0.05) is 6.08 Å². The lowest BCUT2D eigenvalue weighted by molar-refractivity contribution is 0.600. The first kappa shape index (κ1) is 10.9. The Balaban J connectivity index is 2.86. The fraction of sp³-hybridized carbons (Fsp3) is 0.125. The summed E-state index contributed by atoms with van der Waals surface area (Å²) < 4.78 is 21.9. The molecule has 0 atom stereocenters. The van der Waals surface area contributed by atoms with E-state index in [4.69, 9.17) is 10.4 Å². The lowest BCUT2D eigenvalue weighted by Crippen LogP contribution is -2.09. The number of primary sulfonamides is 1. The van der Waals surface area contributed by atoms with Crippen molar-refractivity contribution in [3.63, 3.8) is 0 Å². The Labute approximate surface area is 86.3 Å². The van der Waals surface area contributed by atoms with Gasteiger partial charge in [0.05, 0.1) is 12.5 Å². The Morgan fingerprint density at radius 2 is 2.29 bits per heavy atom. The molecule has 14 heavy (non-hydrogen) atoms. The molecule has 0 aliphatic carbocycles. The maximum atomic E-state index is 10.9. The molecule has 0 saturated carbocycles. The number of hydrogen-bond acceptors (Lipinski definition) is 4. The van der Waals surface area contributed by atoms with Crippen LogP contribution in [0.15, 0.2) is 22.4 Å². The molecule has 0 aromatic carbocycles. The number of nitrogens with zero attached hydrogens (tertiary/aromatic N) is 1. The number of allylic oxidation sites excluding steroid dienone is 1. The van der Waals surface area contributed by atoms with Crippen molar-refractivity contribution in [2.45, 2.75) is 10.6 Å². The lowest BCUT2D eigenvalue weighted by Gasteiger charge is -1.88. The molecule has 74 valence electrons. The second-order valence-corrected chi connectivity index (χ2v) is 5.37. The maximum Gasteiger partial charge on any atom is 0.247 e. The smallest absolute Gasteiger partial charge is 0.224 e. The highest BCUT2D eigenvalue weighted by atomic mass is 32.2. The molecule has 0 unspecified atom stereocenters. The van der Waals surface area contributed by atoms with Crippen molar-refractivity contribution >= 4 is 27.4 Å². The third-order valence-electron chi connectivity index (χ3n) is 1.37. The SMILES string of the molecule is N#CCC=Cc1ccc(S(N)(=O)=O)s1. The minimum absolute atomic E-state index is 0.133. The van der Waals surface area contributed by atoms with E-state index >= 15 is 0 Å². The zero-order chi connectivity index (χ0) is 10.6. The molecule has 0 aliphatic rings. The maximum absolute atomic E-state index is 10.9. The molecule has 1 aromatic rings. The van der Waals surface area contributed by atoms with E-state index in [0.717, 1.165) is 16.2 Å². The Morgan fingerprint density at radius 3 is 2.79 bits per heavy atom. The van der Waals surface area contributed by atoms with Crippen LogP contribution in [0.5, 0.6) is 0 Å². The van der Waals surface area contributed by atoms with Gasteiger partial charge in [-0.25, -0.2) is 13.6 Å². The molecule has 0 aliphatic heterocycles. The predicted octanol–water partition coefficient (Wildman–Crippen LogP) is 1.32. The Kier molecular flexibility index (Phi) is 3.41. The summed E-state index contributed by atoms with van der Waals surface area (Å²) in [6.07, 6.45) is 3.67. The average Bonchev–Trinajstić information content (AvgIpc) is 2.52. The summed E-state index contributed by atoms with van der Waals surface area (Å²) in [6, 6.07) is 5.05. The molecule has 1 rings (SSSR count). The summed E-state index contributed by atoms with van der Waals surface area (Å²) in [5, 5.41) is 13.2. The van der Waals surface area contributed by atoms with Crippen LogP contribution in [-0.4, -0.2) is 8.42 Å². The van der Waals surface area contributed by atoms with Gasteiger partial charge in [-0.15, -0.1) is 11.3 Å². The van der Waals surface area contributed by atoms with Gasteiger partial charge in [0.1, 0.15) is 4.21 Å². The van der Waals surface area contributed by atoms with Gasteiger partial charge < -0.3 is 0 Å². The van der Waals surface area contributed by atoms with E-state index in [0.29, 0.717) is 6.42 Å². The first-order valence-electron chi connectivity index (χ1n) is 3.70. The van der Waals surface area contributed by atoms with E-state index in [9.17, 15) is 8.42 Å². The number of hydrogen-bond donors (Lipinski definition) is 1. The number of rotatable bonds is 3. The lowest BCUT2D eigenvalue weighted by atomic mass is 10.3. The Hall–Kier alpha value is -1.16. The Morgan fingerprint density at radius 1 is 1.57 bits per heavy atom. The van der Waals surface area contributed by atoms with Gasteiger partial charge in [-0.05, 0) is 18.2 Å². The summed E-state index contributed by atoms with van der Waals surface area (Å²) in [4.78, 5) is 0.768. The first-order chi connectivity index (χ1) is 6.54. The largest absolute Gasteiger partial charge is 0.247 e. The number of nitriles is 1. The van der Waals surface area contributed by atoms with E-state index in [-0.39, 0.29) is 4.21 Å². The molecule has 0 fully saturated rings. The third-order valence-corrected chi connectivity index (χ3v) is 3.86. The van der Waals surface area contributed by atoms with E-state index in [1.165, 1.54) is 6.07 Å². The topological polar surface area (TPSA) is 83.9 Å². The molecular weight excluding hydrogens is 220 g/mol. The number of sulfonamides is 1. The average molecular weight is 228 g/mol. The quantitative estimate of drug-likeness (QED) is 0.846. The molecule has 4 nitrogen and oxygen atoms in total. The highest BCUT2D eigenvalue weighted by Crippen LogP contribution is 2.21. The van der Waals surface area contributed by atoms with Crippen LogP contribution in [0.25, 0.3) is 6.08 Å². The summed E-state index contributed by atoms with van der Waals surface area (Å²) in [5.74, 6) is 0. The molecule has 1 aromatic heterocycles. The van der Waals surface area contributed by atoms with Crippen LogP contribution in [0.4, 0.5) is 0 Å². The van der Waals surface area contributed by atoms with Crippen LogP contribution in [0, 0.1) is 11.3 Å². The minimum atomic E-state index is -3.59. The zero-order valence-corrected chi connectivity index (χ0v) is 8.81. The monoisotopic (exact) mass is 228 g/mol. The Bertz CT molecular complexity index is 480. The summed E-state index contributed by atoms with van der Waals surface area (Å²) in [7, 11) is -3.59. The van der Waals surface area contributed by atoms with Crippen molar-refractivity contribution in [1.82, 2.24) is 0 Å². The summed E-state index contributed by atoms with van der Waals surface area (Å²) >= 11 is 1.08. The van der Waals surface area contributed by atoms with Crippen molar-refractivity contribution < 1.29 is 8.42 Å². The predicted molar refractivity (Wildman–Crippen MR) is 55.0 cm³/mol. The molecule has 0 spiro atoms. The van der Waals surface area contributed by atoms with E-state index < -0.39 is 10.0 Å². The van der Waals surface area contributed by atoms with E-state index in [1.807, 2.05) is 6.07 Å². The van der Waals surface area contributed by atoms with Crippen LogP contribution in [-0.2, 0) is 10.0 Å². The second kappa shape index (κ2) is 4.37. The first-order valence-corrected chi connectivity index (χ1v) is 6.06. The molecule has 0 saturated heterocycles. The van der Waals surface area contributed by atoms with Gasteiger partial charge in [0.2, 0.25) is 10.0 Å². The highest BCUT2D eigenvalue weighted by molar-refractivity contribution is 7.91. The molecular formula is C8H8N2O2S2. The van der Waals surface area contributed by atoms with Gasteiger partial charge >= 0.3 is 0 Å². The van der Waals surface area contributed by atoms with Crippen LogP contribution in [0.3, 0.4) is 0 Å². The normalized spacial score (nSPS) is 11.7. The van der Waals surface area contributed by atoms with Crippen molar-refractivity contribution in [1.29, 1.82) is 5.26 Å². The molecule has 0 amide bonds. The number of nitrogens with two attached hydrogens (primary N) is 1. The van der Waals surface area contributed by atoms with Crippen LogP contribution in [0.1, 0.15) is 11.3 Å². The molecule has 0 radical (unpaired) electrons. The highest BCUT2D eigenvalue weighted by Gasteiger charge is 2.09. The van der Waals surface area contributed by atoms with Crippen molar-refractivity contribution in [3.05, 3.63) is 23.1 Å². The van der Waals surface area contributed by atoms with E-state index in [2.05, 4.69) is 0 Å². The summed E-state index contributed by atoms with van der Waals surface area (Å²) in [6.45, 7) is 0. The van der Waals surface area contributed by atoms with Gasteiger partial charge in [0.15, 0.2) is 0 Å².